The largest absolute Gasteiger partial charge is 0.497 e. The number of aryl methyl sites for hydroxylation is 2. The van der Waals surface area contributed by atoms with E-state index in [4.69, 9.17) is 9.26 Å². The Bertz CT molecular complexity index is 1210. The van der Waals surface area contributed by atoms with Gasteiger partial charge >= 0.3 is 6.03 Å². The summed E-state index contributed by atoms with van der Waals surface area (Å²) in [6, 6.07) is 10.2. The van der Waals surface area contributed by atoms with Crippen molar-refractivity contribution in [2.75, 3.05) is 7.11 Å². The fourth-order valence-electron chi connectivity index (χ4n) is 3.71. The van der Waals surface area contributed by atoms with Crippen molar-refractivity contribution < 1.29 is 18.8 Å². The van der Waals surface area contributed by atoms with Crippen LogP contribution in [0.3, 0.4) is 0 Å². The van der Waals surface area contributed by atoms with E-state index >= 15 is 0 Å². The summed E-state index contributed by atoms with van der Waals surface area (Å²) in [5.41, 5.74) is 1.91. The topological polar surface area (TPSA) is 102 Å². The second kappa shape index (κ2) is 7.42. The third-order valence-electron chi connectivity index (χ3n) is 5.44. The number of ether oxygens (including phenoxy) is 1. The molecule has 9 heteroatoms. The molecule has 9 nitrogen and oxygen atoms in total. The summed E-state index contributed by atoms with van der Waals surface area (Å²) < 4.78 is 12.3. The average Bonchev–Trinajstić information content (AvgIpc) is 3.36. The maximum Gasteiger partial charge on any atom is 0.346 e. The molecule has 31 heavy (non-hydrogen) atoms. The molecule has 3 aromatic rings. The van der Waals surface area contributed by atoms with Gasteiger partial charge < -0.3 is 14.6 Å². The van der Waals surface area contributed by atoms with Gasteiger partial charge in [0, 0.05) is 23.0 Å². The van der Waals surface area contributed by atoms with E-state index in [1.807, 2.05) is 37.5 Å². The Labute approximate surface area is 179 Å². The minimum absolute atomic E-state index is 0.470. The van der Waals surface area contributed by atoms with Crippen LogP contribution in [0.2, 0.25) is 0 Å². The van der Waals surface area contributed by atoms with Crippen LogP contribution in [0.15, 0.2) is 46.0 Å². The molecule has 0 spiro atoms. The van der Waals surface area contributed by atoms with E-state index in [-0.39, 0.29) is 0 Å². The first-order valence-electron chi connectivity index (χ1n) is 9.72. The zero-order chi connectivity index (χ0) is 22.3. The van der Waals surface area contributed by atoms with E-state index in [9.17, 15) is 9.59 Å². The lowest BCUT2D eigenvalue weighted by molar-refractivity contribution is -0.131. The Kier molecular flexibility index (Phi) is 4.88. The van der Waals surface area contributed by atoms with Crippen LogP contribution in [0.25, 0.3) is 5.82 Å². The normalized spacial score (nSPS) is 18.8. The predicted octanol–water partition coefficient (Wildman–Crippen LogP) is 3.20. The van der Waals surface area contributed by atoms with Crippen LogP contribution in [0.4, 0.5) is 4.79 Å². The van der Waals surface area contributed by atoms with Crippen molar-refractivity contribution in [3.63, 3.8) is 0 Å². The summed E-state index contributed by atoms with van der Waals surface area (Å²) in [4.78, 5) is 25.7. The second-order valence-corrected chi connectivity index (χ2v) is 7.61. The van der Waals surface area contributed by atoms with Crippen molar-refractivity contribution in [3.8, 4) is 11.6 Å². The van der Waals surface area contributed by atoms with E-state index in [1.165, 1.54) is 6.21 Å². The molecule has 1 aromatic carbocycles. The summed E-state index contributed by atoms with van der Waals surface area (Å²) in [6.07, 6.45) is 1.50. The zero-order valence-electron chi connectivity index (χ0n) is 18.0. The summed E-state index contributed by atoms with van der Waals surface area (Å²) in [5.74, 6) is 1.49. The Morgan fingerprint density at radius 2 is 1.97 bits per heavy atom. The number of amides is 3. The third-order valence-corrected chi connectivity index (χ3v) is 5.44. The van der Waals surface area contributed by atoms with Gasteiger partial charge in [-0.15, -0.1) is 5.01 Å². The number of imide groups is 1. The molecule has 0 aliphatic carbocycles. The Morgan fingerprint density at radius 1 is 1.19 bits per heavy atom. The lowest BCUT2D eigenvalue weighted by atomic mass is 9.92. The number of rotatable bonds is 5. The number of benzene rings is 1. The highest BCUT2D eigenvalue weighted by Gasteiger charge is 2.49. The van der Waals surface area contributed by atoms with Crippen LogP contribution in [0.5, 0.6) is 5.75 Å². The number of nitrogens with one attached hydrogen (secondary N) is 1. The van der Waals surface area contributed by atoms with Gasteiger partial charge in [-0.1, -0.05) is 17.3 Å². The maximum absolute atomic E-state index is 13.1. The van der Waals surface area contributed by atoms with Gasteiger partial charge in [-0.2, -0.15) is 5.10 Å². The summed E-state index contributed by atoms with van der Waals surface area (Å²) >= 11 is 0. The number of methoxy groups -OCH3 is 1. The van der Waals surface area contributed by atoms with Crippen molar-refractivity contribution >= 4 is 18.2 Å². The number of carbonyl (C=O) groups excluding carboxylic acids is 2. The SMILES string of the molecule is COc1cccc([C@@]2(C)NC(=O)N(/N=C\c3cc(C)n(-c4cc(C)on4)c3C)C2=O)c1. The zero-order valence-corrected chi connectivity index (χ0v) is 18.0. The van der Waals surface area contributed by atoms with E-state index in [1.54, 1.807) is 38.3 Å². The molecule has 0 unspecified atom stereocenters. The molecule has 1 aliphatic rings. The quantitative estimate of drug-likeness (QED) is 0.503. The van der Waals surface area contributed by atoms with Crippen LogP contribution < -0.4 is 10.1 Å². The van der Waals surface area contributed by atoms with E-state index < -0.39 is 17.5 Å². The Balaban J connectivity index is 1.63. The first kappa shape index (κ1) is 20.4. The molecule has 1 fully saturated rings. The molecule has 0 bridgehead atoms. The molecular formula is C22H23N5O4. The first-order valence-corrected chi connectivity index (χ1v) is 9.72. The molecule has 160 valence electrons. The van der Waals surface area contributed by atoms with E-state index in [0.717, 1.165) is 22.0 Å². The van der Waals surface area contributed by atoms with Crippen molar-refractivity contribution in [2.45, 2.75) is 33.2 Å². The van der Waals surface area contributed by atoms with Gasteiger partial charge in [0.2, 0.25) is 0 Å². The fraction of sp³-hybridized carbons (Fsp3) is 0.273. The minimum atomic E-state index is -1.24. The molecule has 1 N–H and O–H groups in total. The molecule has 1 atom stereocenters. The molecule has 3 heterocycles. The van der Waals surface area contributed by atoms with E-state index in [2.05, 4.69) is 15.6 Å². The van der Waals surface area contributed by atoms with Gasteiger partial charge in [-0.25, -0.2) is 4.79 Å². The number of nitrogens with zero attached hydrogens (tertiary/aromatic N) is 4. The smallest absolute Gasteiger partial charge is 0.346 e. The van der Waals surface area contributed by atoms with Crippen molar-refractivity contribution in [1.82, 2.24) is 20.0 Å². The molecule has 1 saturated heterocycles. The highest BCUT2D eigenvalue weighted by atomic mass is 16.5. The molecule has 1 aliphatic heterocycles. The van der Waals surface area contributed by atoms with Gasteiger partial charge in [0.05, 0.1) is 13.3 Å². The van der Waals surface area contributed by atoms with Crippen LogP contribution >= 0.6 is 0 Å². The minimum Gasteiger partial charge on any atom is -0.497 e. The van der Waals surface area contributed by atoms with Gasteiger partial charge in [-0.05, 0) is 51.5 Å². The molecule has 2 aromatic heterocycles. The first-order chi connectivity index (χ1) is 14.7. The lowest BCUT2D eigenvalue weighted by Crippen LogP contribution is -2.40. The van der Waals surface area contributed by atoms with Gasteiger partial charge in [0.25, 0.3) is 5.91 Å². The van der Waals surface area contributed by atoms with Gasteiger partial charge in [-0.3, -0.25) is 9.36 Å². The highest BCUT2D eigenvalue weighted by Crippen LogP contribution is 2.31. The molecule has 0 saturated carbocycles. The number of carbonyl (C=O) groups is 2. The summed E-state index contributed by atoms with van der Waals surface area (Å²) in [6.45, 7) is 7.31. The number of urea groups is 1. The molecule has 4 rings (SSSR count). The lowest BCUT2D eigenvalue weighted by Gasteiger charge is -2.21. The molecular weight excluding hydrogens is 398 g/mol. The van der Waals surface area contributed by atoms with Crippen LogP contribution in [0.1, 0.15) is 35.2 Å². The van der Waals surface area contributed by atoms with E-state index in [0.29, 0.717) is 22.9 Å². The van der Waals surface area contributed by atoms with Gasteiger partial charge in [0.15, 0.2) is 5.82 Å². The predicted molar refractivity (Wildman–Crippen MR) is 113 cm³/mol. The van der Waals surface area contributed by atoms with Crippen molar-refractivity contribution in [2.24, 2.45) is 5.10 Å². The molecule has 0 radical (unpaired) electrons. The monoisotopic (exact) mass is 421 g/mol. The number of aromatic nitrogens is 2. The van der Waals surface area contributed by atoms with Crippen LogP contribution in [0, 0.1) is 20.8 Å². The second-order valence-electron chi connectivity index (χ2n) is 7.61. The van der Waals surface area contributed by atoms with Crippen molar-refractivity contribution in [3.05, 3.63) is 64.7 Å². The van der Waals surface area contributed by atoms with Gasteiger partial charge in [0.1, 0.15) is 17.0 Å². The summed E-state index contributed by atoms with van der Waals surface area (Å²) in [7, 11) is 1.55. The van der Waals surface area contributed by atoms with Crippen LogP contribution in [-0.2, 0) is 10.3 Å². The third kappa shape index (κ3) is 3.37. The van der Waals surface area contributed by atoms with Crippen LogP contribution in [-0.4, -0.2) is 40.0 Å². The number of hydrazone groups is 1. The fourth-order valence-corrected chi connectivity index (χ4v) is 3.71. The average molecular weight is 421 g/mol. The Hall–Kier alpha value is -3.88. The standard InChI is InChI=1S/C22H23N5O4/c1-13-9-16(15(3)26(13)19-10-14(2)31-25-19)12-23-27-20(28)22(4,24-21(27)29)17-7-6-8-18(11-17)30-5/h6-12H,1-5H3,(H,24,29)/b23-12-/t22-/m1/s1. The number of hydrogen-bond acceptors (Lipinski definition) is 6. The van der Waals surface area contributed by atoms with Crippen molar-refractivity contribution in [1.29, 1.82) is 0 Å². The maximum atomic E-state index is 13.1. The molecule has 3 amide bonds. The highest BCUT2D eigenvalue weighted by molar-refractivity contribution is 6.07. The summed E-state index contributed by atoms with van der Waals surface area (Å²) in [5, 5.41) is 11.8. The number of hydrogen-bond donors (Lipinski definition) is 1. The Morgan fingerprint density at radius 3 is 2.65 bits per heavy atom.